The molecule has 0 heterocycles. The summed E-state index contributed by atoms with van der Waals surface area (Å²) in [7, 11) is -2.62. The molecule has 0 atom stereocenters. The van der Waals surface area contributed by atoms with E-state index in [1.807, 2.05) is 0 Å². The van der Waals surface area contributed by atoms with E-state index in [1.54, 1.807) is 0 Å². The summed E-state index contributed by atoms with van der Waals surface area (Å²) in [6, 6.07) is 53.6. The Kier molecular flexibility index (Phi) is 11.9. The molecule has 0 N–H and O–H groups in total. The third-order valence-corrected chi connectivity index (χ3v) is 14.3. The molecule has 0 aliphatic rings. The summed E-state index contributed by atoms with van der Waals surface area (Å²) in [6.45, 7) is 21.1. The molecule has 278 valence electrons. The van der Waals surface area contributed by atoms with Gasteiger partial charge in [-0.05, 0) is 80.8 Å². The van der Waals surface area contributed by atoms with Gasteiger partial charge in [-0.1, -0.05) is 216 Å². The van der Waals surface area contributed by atoms with Crippen LogP contribution in [0.3, 0.4) is 0 Å². The molecule has 6 aromatic rings. The fraction of sp³-hybridized carbons (Fsp3) is 0.192. The van der Waals surface area contributed by atoms with Crippen LogP contribution in [0.4, 0.5) is 17.1 Å². The third kappa shape index (κ3) is 10.7. The van der Waals surface area contributed by atoms with E-state index in [4.69, 9.17) is 0 Å². The van der Waals surface area contributed by atoms with Gasteiger partial charge in [0.2, 0.25) is 0 Å². The van der Waals surface area contributed by atoms with E-state index >= 15 is 0 Å². The van der Waals surface area contributed by atoms with Crippen LogP contribution in [0.2, 0.25) is 39.3 Å². The molecule has 0 saturated carbocycles. The van der Waals surface area contributed by atoms with Gasteiger partial charge in [-0.3, -0.25) is 0 Å². The van der Waals surface area contributed by atoms with Crippen molar-refractivity contribution in [1.29, 1.82) is 0 Å². The molecule has 0 saturated heterocycles. The standard InChI is InChI=1S/C52H57NSi2/c1-52(2,3)46-28-16-40(17-29-46)10-11-41-18-30-47(31-19-41)53(48-32-20-42(21-33-48)12-14-44-24-36-50(37-25-44)54(4,5)6)49-34-22-43(23-35-49)13-15-45-26-38-51(39-27-45)55(7,8)9/h10-39H,1-9H3. The number of hydrogen-bond acceptors (Lipinski definition) is 1. The van der Waals surface area contributed by atoms with Crippen LogP contribution in [0.5, 0.6) is 0 Å². The zero-order valence-electron chi connectivity index (χ0n) is 34.3. The SMILES string of the molecule is CC(C)(C)c1ccc(C=Cc2ccc(N(c3ccc(C=Cc4ccc([Si](C)(C)C)cc4)cc3)c3ccc(C=Cc4ccc([Si](C)(C)C)cc4)cc3)cc2)cc1. The number of rotatable bonds is 11. The van der Waals surface area contributed by atoms with Crippen LogP contribution in [0.1, 0.15) is 59.7 Å². The molecular weight excluding hydrogens is 695 g/mol. The lowest BCUT2D eigenvalue weighted by atomic mass is 9.87. The van der Waals surface area contributed by atoms with E-state index in [9.17, 15) is 0 Å². The fourth-order valence-corrected chi connectivity index (χ4v) is 8.84. The Balaban J connectivity index is 1.24. The van der Waals surface area contributed by atoms with Gasteiger partial charge in [-0.25, -0.2) is 0 Å². The Labute approximate surface area is 333 Å². The Hall–Kier alpha value is -5.23. The normalized spacial score (nSPS) is 12.6. The van der Waals surface area contributed by atoms with Gasteiger partial charge < -0.3 is 4.90 Å². The van der Waals surface area contributed by atoms with Gasteiger partial charge in [0.05, 0.1) is 16.1 Å². The first-order chi connectivity index (χ1) is 26.1. The molecule has 1 nitrogen and oxygen atoms in total. The van der Waals surface area contributed by atoms with E-state index in [0.717, 1.165) is 17.1 Å². The van der Waals surface area contributed by atoms with Crippen LogP contribution in [0, 0.1) is 0 Å². The minimum atomic E-state index is -1.31. The van der Waals surface area contributed by atoms with Crippen LogP contribution in [0.15, 0.2) is 146 Å². The molecule has 0 unspecified atom stereocenters. The molecule has 55 heavy (non-hydrogen) atoms. The number of anilines is 3. The Morgan fingerprint density at radius 2 is 0.545 bits per heavy atom. The van der Waals surface area contributed by atoms with Crippen LogP contribution < -0.4 is 15.3 Å². The van der Waals surface area contributed by atoms with E-state index in [2.05, 4.69) is 247 Å². The van der Waals surface area contributed by atoms with Crippen molar-refractivity contribution in [3.63, 3.8) is 0 Å². The van der Waals surface area contributed by atoms with Crippen molar-refractivity contribution in [2.75, 3.05) is 4.90 Å². The Morgan fingerprint density at radius 3 is 0.764 bits per heavy atom. The lowest BCUT2D eigenvalue weighted by Gasteiger charge is -2.26. The summed E-state index contributed by atoms with van der Waals surface area (Å²) < 4.78 is 0. The smallest absolute Gasteiger partial charge is 0.0775 e. The van der Waals surface area contributed by atoms with Crippen molar-refractivity contribution in [2.45, 2.75) is 65.5 Å². The minimum Gasteiger partial charge on any atom is -0.311 e. The van der Waals surface area contributed by atoms with Gasteiger partial charge in [0.25, 0.3) is 0 Å². The topological polar surface area (TPSA) is 3.24 Å². The molecule has 0 bridgehead atoms. The largest absolute Gasteiger partial charge is 0.311 e. The molecule has 6 aromatic carbocycles. The molecule has 0 spiro atoms. The van der Waals surface area contributed by atoms with Crippen molar-refractivity contribution in [3.8, 4) is 0 Å². The highest BCUT2D eigenvalue weighted by Crippen LogP contribution is 2.35. The Bertz CT molecular complexity index is 1970. The number of nitrogens with zero attached hydrogens (tertiary/aromatic N) is 1. The maximum Gasteiger partial charge on any atom is 0.0775 e. The average Bonchev–Trinajstić information content (AvgIpc) is 3.16. The maximum absolute atomic E-state index is 2.39. The van der Waals surface area contributed by atoms with Crippen molar-refractivity contribution in [3.05, 3.63) is 185 Å². The highest BCUT2D eigenvalue weighted by Gasteiger charge is 2.17. The molecule has 0 fully saturated rings. The molecular formula is C52H57NSi2. The minimum absolute atomic E-state index is 0.151. The predicted octanol–water partition coefficient (Wildman–Crippen LogP) is 14.1. The van der Waals surface area contributed by atoms with Crippen LogP contribution >= 0.6 is 0 Å². The summed E-state index contributed by atoms with van der Waals surface area (Å²) in [5.74, 6) is 0. The van der Waals surface area contributed by atoms with Crippen LogP contribution in [0.25, 0.3) is 36.5 Å². The third-order valence-electron chi connectivity index (χ3n) is 10.2. The van der Waals surface area contributed by atoms with Gasteiger partial charge in [-0.2, -0.15) is 0 Å². The second-order valence-electron chi connectivity index (χ2n) is 17.7. The van der Waals surface area contributed by atoms with Crippen molar-refractivity contribution in [1.82, 2.24) is 0 Å². The van der Waals surface area contributed by atoms with Gasteiger partial charge in [0.15, 0.2) is 0 Å². The first-order valence-electron chi connectivity index (χ1n) is 19.6. The molecule has 0 aliphatic heterocycles. The van der Waals surface area contributed by atoms with Crippen molar-refractivity contribution >= 4 is 80.0 Å². The summed E-state index contributed by atoms with van der Waals surface area (Å²) in [6.07, 6.45) is 13.2. The monoisotopic (exact) mass is 751 g/mol. The molecule has 0 aliphatic carbocycles. The Morgan fingerprint density at radius 1 is 0.327 bits per heavy atom. The summed E-state index contributed by atoms with van der Waals surface area (Å²) in [5, 5.41) is 2.97. The summed E-state index contributed by atoms with van der Waals surface area (Å²) in [5.41, 5.74) is 12.0. The molecule has 3 heteroatoms. The highest BCUT2D eigenvalue weighted by atomic mass is 28.3. The summed E-state index contributed by atoms with van der Waals surface area (Å²) in [4.78, 5) is 2.34. The van der Waals surface area contributed by atoms with Gasteiger partial charge in [-0.15, -0.1) is 0 Å². The van der Waals surface area contributed by atoms with Crippen molar-refractivity contribution < 1.29 is 0 Å². The summed E-state index contributed by atoms with van der Waals surface area (Å²) >= 11 is 0. The number of benzene rings is 6. The van der Waals surface area contributed by atoms with Crippen LogP contribution in [-0.4, -0.2) is 16.1 Å². The first kappa shape index (κ1) is 39.5. The van der Waals surface area contributed by atoms with Crippen LogP contribution in [-0.2, 0) is 5.41 Å². The molecule has 0 amide bonds. The quantitative estimate of drug-likeness (QED) is 0.0941. The maximum atomic E-state index is 2.39. The zero-order chi connectivity index (χ0) is 39.2. The first-order valence-corrected chi connectivity index (χ1v) is 26.6. The van der Waals surface area contributed by atoms with E-state index < -0.39 is 16.1 Å². The van der Waals surface area contributed by atoms with Gasteiger partial charge in [0.1, 0.15) is 0 Å². The van der Waals surface area contributed by atoms with Crippen molar-refractivity contribution in [2.24, 2.45) is 0 Å². The molecule has 0 aromatic heterocycles. The molecule has 0 radical (unpaired) electrons. The predicted molar refractivity (Wildman–Crippen MR) is 252 cm³/mol. The lowest BCUT2D eigenvalue weighted by Crippen LogP contribution is -2.37. The fourth-order valence-electron chi connectivity index (χ4n) is 6.51. The highest BCUT2D eigenvalue weighted by molar-refractivity contribution is 6.89. The van der Waals surface area contributed by atoms with E-state index in [-0.39, 0.29) is 5.41 Å². The zero-order valence-corrected chi connectivity index (χ0v) is 36.3. The van der Waals surface area contributed by atoms with Gasteiger partial charge >= 0.3 is 0 Å². The van der Waals surface area contributed by atoms with E-state index in [1.165, 1.54) is 49.3 Å². The second-order valence-corrected chi connectivity index (χ2v) is 27.9. The van der Waals surface area contributed by atoms with E-state index in [0.29, 0.717) is 0 Å². The second kappa shape index (κ2) is 16.6. The average molecular weight is 752 g/mol. The lowest BCUT2D eigenvalue weighted by molar-refractivity contribution is 0.590. The molecule has 6 rings (SSSR count). The van der Waals surface area contributed by atoms with Gasteiger partial charge in [0, 0.05) is 17.1 Å². The number of hydrogen-bond donors (Lipinski definition) is 0.